The van der Waals surface area contributed by atoms with E-state index in [1.54, 1.807) is 6.26 Å². The van der Waals surface area contributed by atoms with Crippen LogP contribution in [0.3, 0.4) is 0 Å². The van der Waals surface area contributed by atoms with Gasteiger partial charge in [0.05, 0.1) is 18.3 Å². The zero-order valence-corrected chi connectivity index (χ0v) is 13.9. The second-order valence-corrected chi connectivity index (χ2v) is 5.89. The SMILES string of the molecule is Cc1cc(C)c(NC(=O)[C@H](C)N[C@@H](C)c2ccco2)c(C)c1. The first-order chi connectivity index (χ1) is 10.4. The topological polar surface area (TPSA) is 54.3 Å². The molecule has 0 aliphatic heterocycles. The van der Waals surface area contributed by atoms with Crippen LogP contribution in [0.5, 0.6) is 0 Å². The fourth-order valence-electron chi connectivity index (χ4n) is 2.68. The van der Waals surface area contributed by atoms with Gasteiger partial charge in [0.2, 0.25) is 5.91 Å². The Kier molecular flexibility index (Phi) is 5.03. The maximum absolute atomic E-state index is 12.4. The Morgan fingerprint density at radius 2 is 1.77 bits per heavy atom. The van der Waals surface area contributed by atoms with Gasteiger partial charge < -0.3 is 9.73 Å². The number of carbonyl (C=O) groups excluding carboxylic acids is 1. The minimum atomic E-state index is -0.319. The van der Waals surface area contributed by atoms with Gasteiger partial charge >= 0.3 is 0 Å². The Hall–Kier alpha value is -2.07. The number of benzene rings is 1. The molecular formula is C18H24N2O2. The number of amides is 1. The van der Waals surface area contributed by atoms with Gasteiger partial charge in [-0.15, -0.1) is 0 Å². The zero-order valence-electron chi connectivity index (χ0n) is 13.9. The Labute approximate surface area is 131 Å². The van der Waals surface area contributed by atoms with Crippen LogP contribution in [-0.4, -0.2) is 11.9 Å². The van der Waals surface area contributed by atoms with Crippen molar-refractivity contribution in [3.05, 3.63) is 53.0 Å². The Morgan fingerprint density at radius 3 is 2.32 bits per heavy atom. The van der Waals surface area contributed by atoms with Gasteiger partial charge in [-0.1, -0.05) is 17.7 Å². The highest BCUT2D eigenvalue weighted by Crippen LogP contribution is 2.22. The van der Waals surface area contributed by atoms with Gasteiger partial charge in [0.25, 0.3) is 0 Å². The number of nitrogens with one attached hydrogen (secondary N) is 2. The summed E-state index contributed by atoms with van der Waals surface area (Å²) in [5, 5.41) is 6.27. The molecule has 2 rings (SSSR count). The van der Waals surface area contributed by atoms with Crippen molar-refractivity contribution in [2.45, 2.75) is 46.7 Å². The molecule has 118 valence electrons. The van der Waals surface area contributed by atoms with E-state index in [2.05, 4.69) is 29.7 Å². The van der Waals surface area contributed by atoms with Crippen LogP contribution in [-0.2, 0) is 4.79 Å². The molecule has 1 aromatic heterocycles. The monoisotopic (exact) mass is 300 g/mol. The molecule has 0 bridgehead atoms. The summed E-state index contributed by atoms with van der Waals surface area (Å²) in [6, 6.07) is 7.56. The number of hydrogen-bond acceptors (Lipinski definition) is 3. The average molecular weight is 300 g/mol. The van der Waals surface area contributed by atoms with Gasteiger partial charge in [-0.05, 0) is 57.9 Å². The lowest BCUT2D eigenvalue weighted by molar-refractivity contribution is -0.118. The van der Waals surface area contributed by atoms with Crippen molar-refractivity contribution in [3.8, 4) is 0 Å². The molecule has 0 saturated carbocycles. The van der Waals surface area contributed by atoms with E-state index in [4.69, 9.17) is 4.42 Å². The summed E-state index contributed by atoms with van der Waals surface area (Å²) >= 11 is 0. The second kappa shape index (κ2) is 6.79. The molecule has 0 aliphatic carbocycles. The number of hydrogen-bond donors (Lipinski definition) is 2. The highest BCUT2D eigenvalue weighted by molar-refractivity contribution is 5.96. The fourth-order valence-corrected chi connectivity index (χ4v) is 2.68. The molecule has 0 fully saturated rings. The lowest BCUT2D eigenvalue weighted by Gasteiger charge is -2.20. The molecule has 0 radical (unpaired) electrons. The summed E-state index contributed by atoms with van der Waals surface area (Å²) in [5.41, 5.74) is 4.26. The summed E-state index contributed by atoms with van der Waals surface area (Å²) < 4.78 is 5.35. The lowest BCUT2D eigenvalue weighted by atomic mass is 10.0. The van der Waals surface area contributed by atoms with E-state index in [9.17, 15) is 4.79 Å². The average Bonchev–Trinajstić information content (AvgIpc) is 2.96. The molecule has 2 atom stereocenters. The number of aryl methyl sites for hydroxylation is 3. The smallest absolute Gasteiger partial charge is 0.241 e. The lowest BCUT2D eigenvalue weighted by Crippen LogP contribution is -2.39. The molecule has 0 saturated heterocycles. The van der Waals surface area contributed by atoms with Crippen LogP contribution < -0.4 is 10.6 Å². The molecule has 1 amide bonds. The van der Waals surface area contributed by atoms with Crippen molar-refractivity contribution >= 4 is 11.6 Å². The van der Waals surface area contributed by atoms with E-state index in [1.165, 1.54) is 5.56 Å². The van der Waals surface area contributed by atoms with Gasteiger partial charge in [0.15, 0.2) is 0 Å². The third kappa shape index (κ3) is 3.77. The summed E-state index contributed by atoms with van der Waals surface area (Å²) in [7, 11) is 0. The van der Waals surface area contributed by atoms with Crippen LogP contribution in [0.2, 0.25) is 0 Å². The van der Waals surface area contributed by atoms with Crippen LogP contribution in [0.15, 0.2) is 34.9 Å². The summed E-state index contributed by atoms with van der Waals surface area (Å²) in [4.78, 5) is 12.4. The maximum atomic E-state index is 12.4. The minimum absolute atomic E-state index is 0.0176. The highest BCUT2D eigenvalue weighted by Gasteiger charge is 2.19. The molecule has 4 nitrogen and oxygen atoms in total. The van der Waals surface area contributed by atoms with E-state index in [0.717, 1.165) is 22.6 Å². The van der Waals surface area contributed by atoms with Crippen LogP contribution in [0, 0.1) is 20.8 Å². The largest absolute Gasteiger partial charge is 0.468 e. The van der Waals surface area contributed by atoms with Crippen molar-refractivity contribution in [1.82, 2.24) is 5.32 Å². The molecule has 2 aromatic rings. The predicted octanol–water partition coefficient (Wildman–Crippen LogP) is 3.88. The van der Waals surface area contributed by atoms with Crippen molar-refractivity contribution in [3.63, 3.8) is 0 Å². The van der Waals surface area contributed by atoms with Crippen LogP contribution in [0.25, 0.3) is 0 Å². The Morgan fingerprint density at radius 1 is 1.14 bits per heavy atom. The summed E-state index contributed by atoms with van der Waals surface area (Å²) in [6.07, 6.45) is 1.64. The van der Waals surface area contributed by atoms with Gasteiger partial charge in [-0.2, -0.15) is 0 Å². The van der Waals surface area contributed by atoms with E-state index >= 15 is 0 Å². The number of rotatable bonds is 5. The molecule has 0 aliphatic rings. The Bertz CT molecular complexity index is 624. The fraction of sp³-hybridized carbons (Fsp3) is 0.389. The summed E-state index contributed by atoms with van der Waals surface area (Å²) in [5.74, 6) is 0.774. The first-order valence-corrected chi connectivity index (χ1v) is 7.56. The minimum Gasteiger partial charge on any atom is -0.468 e. The molecule has 22 heavy (non-hydrogen) atoms. The predicted molar refractivity (Wildman–Crippen MR) is 89.0 cm³/mol. The first kappa shape index (κ1) is 16.3. The Balaban J connectivity index is 2.03. The molecule has 1 heterocycles. The molecule has 1 aromatic carbocycles. The quantitative estimate of drug-likeness (QED) is 0.881. The number of carbonyl (C=O) groups is 1. The van der Waals surface area contributed by atoms with E-state index in [0.29, 0.717) is 0 Å². The second-order valence-electron chi connectivity index (χ2n) is 5.89. The molecule has 4 heteroatoms. The first-order valence-electron chi connectivity index (χ1n) is 7.56. The third-order valence-electron chi connectivity index (χ3n) is 3.79. The molecule has 0 spiro atoms. The van der Waals surface area contributed by atoms with Crippen LogP contribution in [0.1, 0.15) is 42.3 Å². The normalized spacial score (nSPS) is 13.7. The van der Waals surface area contributed by atoms with Gasteiger partial charge in [0, 0.05) is 5.69 Å². The van der Waals surface area contributed by atoms with Crippen LogP contribution >= 0.6 is 0 Å². The molecule has 2 N–H and O–H groups in total. The van der Waals surface area contributed by atoms with E-state index in [1.807, 2.05) is 39.8 Å². The standard InChI is InChI=1S/C18H24N2O2/c1-11-9-12(2)17(13(3)10-11)20-18(21)15(5)19-14(4)16-7-6-8-22-16/h6-10,14-15,19H,1-5H3,(H,20,21)/t14-,15-/m0/s1. The van der Waals surface area contributed by atoms with Crippen LogP contribution in [0.4, 0.5) is 5.69 Å². The third-order valence-corrected chi connectivity index (χ3v) is 3.79. The van der Waals surface area contributed by atoms with E-state index in [-0.39, 0.29) is 18.0 Å². The van der Waals surface area contributed by atoms with Gasteiger partial charge in [-0.3, -0.25) is 10.1 Å². The number of furan rings is 1. The summed E-state index contributed by atoms with van der Waals surface area (Å²) in [6.45, 7) is 9.91. The number of anilines is 1. The van der Waals surface area contributed by atoms with Crippen molar-refractivity contribution < 1.29 is 9.21 Å². The van der Waals surface area contributed by atoms with Gasteiger partial charge in [-0.25, -0.2) is 0 Å². The zero-order chi connectivity index (χ0) is 16.3. The van der Waals surface area contributed by atoms with Crippen molar-refractivity contribution in [2.75, 3.05) is 5.32 Å². The molecular weight excluding hydrogens is 276 g/mol. The molecule has 0 unspecified atom stereocenters. The maximum Gasteiger partial charge on any atom is 0.241 e. The van der Waals surface area contributed by atoms with E-state index < -0.39 is 0 Å². The highest BCUT2D eigenvalue weighted by atomic mass is 16.3. The van der Waals surface area contributed by atoms with Crippen molar-refractivity contribution in [1.29, 1.82) is 0 Å². The van der Waals surface area contributed by atoms with Gasteiger partial charge in [0.1, 0.15) is 5.76 Å². The van der Waals surface area contributed by atoms with Crippen molar-refractivity contribution in [2.24, 2.45) is 0 Å².